The van der Waals surface area contributed by atoms with Crippen molar-refractivity contribution in [2.45, 2.75) is 71.3 Å². The van der Waals surface area contributed by atoms with Gasteiger partial charge < -0.3 is 4.55 Å². The minimum Gasteiger partial charge on any atom is -0.591 e. The first-order chi connectivity index (χ1) is 11.0. The van der Waals surface area contributed by atoms with E-state index in [2.05, 4.69) is 52.1 Å². The maximum atomic E-state index is 12.3. The van der Waals surface area contributed by atoms with Gasteiger partial charge in [-0.05, 0) is 54.9 Å². The smallest absolute Gasteiger partial charge is 0.144 e. The Labute approximate surface area is 164 Å². The summed E-state index contributed by atoms with van der Waals surface area (Å²) >= 11 is 8.96. The van der Waals surface area contributed by atoms with Crippen molar-refractivity contribution in [1.29, 1.82) is 0 Å². The van der Waals surface area contributed by atoms with E-state index in [1.165, 1.54) is 5.19 Å². The van der Waals surface area contributed by atoms with Crippen LogP contribution in [0.3, 0.4) is 0 Å². The Balaban J connectivity index is 3.51. The van der Waals surface area contributed by atoms with Gasteiger partial charge in [0, 0.05) is 0 Å². The molecule has 136 valence electrons. The van der Waals surface area contributed by atoms with E-state index < -0.39 is 24.2 Å². The molecule has 0 amide bonds. The van der Waals surface area contributed by atoms with Crippen LogP contribution >= 0.6 is 27.5 Å². The normalized spacial score (nSPS) is 14.8. The molecule has 7 heteroatoms. The standard InChI is InChI=1S/C17H28BrClN2OSSi/c1-8-24(9-2,10-3)13-11-14(18)20-16(15(13)19)12(4)21-23(22)17(5,6)7/h11H,8-10H2,1-7H3/b21-12+/t23-/m1/s1. The molecule has 0 fully saturated rings. The fourth-order valence-corrected chi connectivity index (χ4v) is 8.48. The molecule has 0 spiro atoms. The third-order valence-corrected chi connectivity index (χ3v) is 12.6. The summed E-state index contributed by atoms with van der Waals surface area (Å²) < 4.78 is 17.1. The molecule has 0 bridgehead atoms. The maximum Gasteiger partial charge on any atom is 0.144 e. The number of hydrogen-bond acceptors (Lipinski definition) is 3. The van der Waals surface area contributed by atoms with E-state index in [0.717, 1.165) is 22.7 Å². The molecule has 0 aliphatic heterocycles. The van der Waals surface area contributed by atoms with Crippen molar-refractivity contribution in [3.63, 3.8) is 0 Å². The van der Waals surface area contributed by atoms with Crippen LogP contribution in [-0.2, 0) is 11.4 Å². The number of halogens is 2. The summed E-state index contributed by atoms with van der Waals surface area (Å²) in [6.45, 7) is 14.3. The van der Waals surface area contributed by atoms with Crippen LogP contribution in [0.4, 0.5) is 0 Å². The van der Waals surface area contributed by atoms with Gasteiger partial charge in [0.1, 0.15) is 32.1 Å². The van der Waals surface area contributed by atoms with Gasteiger partial charge in [-0.15, -0.1) is 0 Å². The number of aromatic nitrogens is 1. The topological polar surface area (TPSA) is 48.3 Å². The summed E-state index contributed by atoms with van der Waals surface area (Å²) in [6, 6.07) is 5.49. The van der Waals surface area contributed by atoms with E-state index >= 15 is 0 Å². The Morgan fingerprint density at radius 3 is 2.21 bits per heavy atom. The zero-order chi connectivity index (χ0) is 18.7. The van der Waals surface area contributed by atoms with Crippen LogP contribution in [0.25, 0.3) is 0 Å². The molecular formula is C17H28BrClN2OSSi. The van der Waals surface area contributed by atoms with Gasteiger partial charge >= 0.3 is 0 Å². The number of pyridine rings is 1. The van der Waals surface area contributed by atoms with Gasteiger partial charge in [-0.25, -0.2) is 4.98 Å². The van der Waals surface area contributed by atoms with E-state index in [1.54, 1.807) is 0 Å². The van der Waals surface area contributed by atoms with Crippen LogP contribution in [0.2, 0.25) is 23.2 Å². The molecule has 0 aliphatic carbocycles. The average molecular weight is 452 g/mol. The number of rotatable bonds is 6. The Kier molecular flexibility index (Phi) is 8.00. The molecule has 1 rings (SSSR count). The van der Waals surface area contributed by atoms with Crippen LogP contribution in [0, 0.1) is 0 Å². The van der Waals surface area contributed by atoms with Crippen molar-refractivity contribution in [2.75, 3.05) is 0 Å². The highest BCUT2D eigenvalue weighted by molar-refractivity contribution is 9.10. The second-order valence-electron chi connectivity index (χ2n) is 7.03. The van der Waals surface area contributed by atoms with E-state index in [-0.39, 0.29) is 0 Å². The molecule has 0 unspecified atom stereocenters. The summed E-state index contributed by atoms with van der Waals surface area (Å²) in [5.41, 5.74) is 1.27. The molecule has 0 radical (unpaired) electrons. The number of hydrogen-bond donors (Lipinski definition) is 0. The third kappa shape index (κ3) is 4.85. The third-order valence-electron chi connectivity index (χ3n) is 4.61. The Morgan fingerprint density at radius 1 is 1.29 bits per heavy atom. The lowest BCUT2D eigenvalue weighted by atomic mass is 10.2. The van der Waals surface area contributed by atoms with Gasteiger partial charge in [0.15, 0.2) is 0 Å². The predicted molar refractivity (Wildman–Crippen MR) is 114 cm³/mol. The van der Waals surface area contributed by atoms with Gasteiger partial charge in [-0.2, -0.15) is 0 Å². The van der Waals surface area contributed by atoms with E-state index in [0.29, 0.717) is 16.4 Å². The first-order valence-electron chi connectivity index (χ1n) is 8.36. The monoisotopic (exact) mass is 450 g/mol. The maximum absolute atomic E-state index is 12.3. The van der Waals surface area contributed by atoms with Crippen LogP contribution in [0.1, 0.15) is 54.2 Å². The molecule has 0 aromatic carbocycles. The van der Waals surface area contributed by atoms with Gasteiger partial charge in [0.25, 0.3) is 0 Å². The van der Waals surface area contributed by atoms with Crippen LogP contribution in [0.5, 0.6) is 0 Å². The summed E-state index contributed by atoms with van der Waals surface area (Å²) in [4.78, 5) is 4.53. The van der Waals surface area contributed by atoms with Gasteiger partial charge in [-0.1, -0.05) is 54.9 Å². The molecule has 3 nitrogen and oxygen atoms in total. The summed E-state index contributed by atoms with van der Waals surface area (Å²) in [7, 11) is -1.66. The minimum atomic E-state index is -1.66. The van der Waals surface area contributed by atoms with Crippen LogP contribution in [-0.4, -0.2) is 28.1 Å². The van der Waals surface area contributed by atoms with Crippen molar-refractivity contribution in [3.05, 3.63) is 21.4 Å². The van der Waals surface area contributed by atoms with E-state index in [9.17, 15) is 4.55 Å². The predicted octanol–water partition coefficient (Wildman–Crippen LogP) is 5.48. The lowest BCUT2D eigenvalue weighted by Crippen LogP contribution is -2.47. The highest BCUT2D eigenvalue weighted by Gasteiger charge is 2.34. The van der Waals surface area contributed by atoms with Crippen molar-refractivity contribution < 1.29 is 4.55 Å². The highest BCUT2D eigenvalue weighted by atomic mass is 79.9. The van der Waals surface area contributed by atoms with Crippen molar-refractivity contribution >= 4 is 57.9 Å². The molecule has 1 heterocycles. The van der Waals surface area contributed by atoms with E-state index in [4.69, 9.17) is 11.6 Å². The second-order valence-corrected chi connectivity index (χ2v) is 15.4. The lowest BCUT2D eigenvalue weighted by Gasteiger charge is -2.30. The molecular weight excluding hydrogens is 424 g/mol. The largest absolute Gasteiger partial charge is 0.591 e. The molecule has 1 atom stereocenters. The zero-order valence-electron chi connectivity index (χ0n) is 15.7. The number of nitrogens with zero attached hydrogens (tertiary/aromatic N) is 2. The summed E-state index contributed by atoms with van der Waals surface area (Å²) in [5, 5.41) is 1.91. The summed E-state index contributed by atoms with van der Waals surface area (Å²) in [5.74, 6) is 0. The Hall–Kier alpha value is 0.117. The van der Waals surface area contributed by atoms with Crippen molar-refractivity contribution in [2.24, 2.45) is 4.40 Å². The second kappa shape index (κ2) is 8.67. The molecule has 0 saturated heterocycles. The molecule has 0 aliphatic rings. The van der Waals surface area contributed by atoms with Gasteiger partial charge in [0.05, 0.1) is 13.1 Å². The SMILES string of the molecule is CC[Si](CC)(CC)c1cc(Br)nc(/C(C)=N/[S@+]([O-])C(C)(C)C)c1Cl. The quantitative estimate of drug-likeness (QED) is 0.249. The van der Waals surface area contributed by atoms with Gasteiger partial charge in [-0.3, -0.25) is 0 Å². The molecule has 1 aromatic rings. The van der Waals surface area contributed by atoms with Crippen LogP contribution in [0.15, 0.2) is 15.1 Å². The first kappa shape index (κ1) is 22.2. The molecule has 1 aromatic heterocycles. The van der Waals surface area contributed by atoms with Gasteiger partial charge in [0.2, 0.25) is 0 Å². The first-order valence-corrected chi connectivity index (χ1v) is 13.3. The fourth-order valence-electron chi connectivity index (χ4n) is 2.75. The lowest BCUT2D eigenvalue weighted by molar-refractivity contribution is 0.561. The van der Waals surface area contributed by atoms with Crippen molar-refractivity contribution in [1.82, 2.24) is 4.98 Å². The van der Waals surface area contributed by atoms with Crippen LogP contribution < -0.4 is 5.19 Å². The molecule has 0 N–H and O–H groups in total. The zero-order valence-corrected chi connectivity index (χ0v) is 19.8. The summed E-state index contributed by atoms with van der Waals surface area (Å²) in [6.07, 6.45) is 0. The fraction of sp³-hybridized carbons (Fsp3) is 0.647. The molecule has 24 heavy (non-hydrogen) atoms. The molecule has 0 saturated carbocycles. The highest BCUT2D eigenvalue weighted by Crippen LogP contribution is 2.28. The average Bonchev–Trinajstić information content (AvgIpc) is 2.51. The Morgan fingerprint density at radius 2 is 1.79 bits per heavy atom. The Bertz CT molecular complexity index is 607. The van der Waals surface area contributed by atoms with E-state index in [1.807, 2.05) is 27.7 Å². The van der Waals surface area contributed by atoms with Crippen molar-refractivity contribution in [3.8, 4) is 0 Å². The minimum absolute atomic E-state index is 0.405.